The van der Waals surface area contributed by atoms with Crippen molar-refractivity contribution in [2.45, 2.75) is 19.8 Å². The van der Waals surface area contributed by atoms with Gasteiger partial charge in [0.2, 0.25) is 10.0 Å². The van der Waals surface area contributed by atoms with Crippen molar-refractivity contribution in [3.63, 3.8) is 0 Å². The standard InChI is InChI=1S/C11H16N2O5S/c1-2-10-12-9(6-18-10)11(14)13-19(15,16)7-8-3-4-17-5-8/h6,8H,2-5,7H2,1H3,(H,13,14). The van der Waals surface area contributed by atoms with E-state index in [-0.39, 0.29) is 17.4 Å². The number of aryl methyl sites for hydroxylation is 1. The van der Waals surface area contributed by atoms with Gasteiger partial charge >= 0.3 is 0 Å². The maximum absolute atomic E-state index is 11.8. The van der Waals surface area contributed by atoms with Crippen molar-refractivity contribution in [3.8, 4) is 0 Å². The highest BCUT2D eigenvalue weighted by Gasteiger charge is 2.25. The molecule has 106 valence electrons. The van der Waals surface area contributed by atoms with Crippen LogP contribution < -0.4 is 4.72 Å². The summed E-state index contributed by atoms with van der Waals surface area (Å²) in [7, 11) is -3.67. The van der Waals surface area contributed by atoms with Gasteiger partial charge in [-0.05, 0) is 6.42 Å². The van der Waals surface area contributed by atoms with Gasteiger partial charge in [0.15, 0.2) is 11.6 Å². The Bertz CT molecular complexity index is 545. The maximum atomic E-state index is 11.8. The third-order valence-electron chi connectivity index (χ3n) is 2.81. The lowest BCUT2D eigenvalue weighted by atomic mass is 10.2. The van der Waals surface area contributed by atoms with Crippen molar-refractivity contribution in [2.24, 2.45) is 5.92 Å². The fraction of sp³-hybridized carbons (Fsp3) is 0.636. The lowest BCUT2D eigenvalue weighted by molar-refractivity contribution is 0.0976. The van der Waals surface area contributed by atoms with E-state index in [9.17, 15) is 13.2 Å². The summed E-state index contributed by atoms with van der Waals surface area (Å²) in [5.74, 6) is -0.542. The molecule has 0 aliphatic carbocycles. The van der Waals surface area contributed by atoms with Crippen LogP contribution in [0.4, 0.5) is 0 Å². The number of rotatable bonds is 5. The SMILES string of the molecule is CCc1nc(C(=O)NS(=O)(=O)CC2CCOC2)co1. The van der Waals surface area contributed by atoms with Crippen molar-refractivity contribution >= 4 is 15.9 Å². The second-order valence-electron chi connectivity index (χ2n) is 4.42. The van der Waals surface area contributed by atoms with Crippen LogP contribution in [-0.2, 0) is 21.2 Å². The molecule has 2 rings (SSSR count). The Balaban J connectivity index is 1.96. The van der Waals surface area contributed by atoms with Crippen molar-refractivity contribution in [1.29, 1.82) is 0 Å². The summed E-state index contributed by atoms with van der Waals surface area (Å²) in [5.41, 5.74) is -0.0249. The van der Waals surface area contributed by atoms with Crippen LogP contribution >= 0.6 is 0 Å². The molecule has 1 atom stereocenters. The number of sulfonamides is 1. The van der Waals surface area contributed by atoms with E-state index < -0.39 is 15.9 Å². The molecule has 19 heavy (non-hydrogen) atoms. The third-order valence-corrected chi connectivity index (χ3v) is 4.22. The largest absolute Gasteiger partial charge is 0.448 e. The highest BCUT2D eigenvalue weighted by Crippen LogP contribution is 2.14. The zero-order valence-corrected chi connectivity index (χ0v) is 11.4. The van der Waals surface area contributed by atoms with Crippen LogP contribution in [0.25, 0.3) is 0 Å². The Kier molecular flexibility index (Phi) is 4.20. The van der Waals surface area contributed by atoms with E-state index in [0.29, 0.717) is 31.9 Å². The molecule has 0 bridgehead atoms. The molecule has 1 N–H and O–H groups in total. The molecule has 1 unspecified atom stereocenters. The summed E-state index contributed by atoms with van der Waals surface area (Å²) in [6.07, 6.45) is 2.39. The summed E-state index contributed by atoms with van der Waals surface area (Å²) >= 11 is 0. The van der Waals surface area contributed by atoms with Gasteiger partial charge in [-0.15, -0.1) is 0 Å². The van der Waals surface area contributed by atoms with Gasteiger partial charge in [-0.3, -0.25) is 4.79 Å². The molecule has 8 heteroatoms. The molecule has 1 aromatic heterocycles. The van der Waals surface area contributed by atoms with Crippen LogP contribution in [-0.4, -0.2) is 38.3 Å². The van der Waals surface area contributed by atoms with Gasteiger partial charge in [-0.2, -0.15) is 0 Å². The highest BCUT2D eigenvalue weighted by atomic mass is 32.2. The van der Waals surface area contributed by atoms with E-state index in [2.05, 4.69) is 4.98 Å². The third kappa shape index (κ3) is 3.77. The summed E-state index contributed by atoms with van der Waals surface area (Å²) in [6.45, 7) is 2.81. The van der Waals surface area contributed by atoms with Gasteiger partial charge in [-0.1, -0.05) is 6.92 Å². The number of nitrogens with zero attached hydrogens (tertiary/aromatic N) is 1. The van der Waals surface area contributed by atoms with Gasteiger partial charge in [0.05, 0.1) is 12.4 Å². The van der Waals surface area contributed by atoms with Crippen molar-refractivity contribution < 1.29 is 22.4 Å². The average molecular weight is 288 g/mol. The second-order valence-corrected chi connectivity index (χ2v) is 6.19. The lowest BCUT2D eigenvalue weighted by Gasteiger charge is -2.08. The van der Waals surface area contributed by atoms with Gasteiger partial charge in [-0.25, -0.2) is 18.1 Å². The molecule has 1 aliphatic heterocycles. The fourth-order valence-electron chi connectivity index (χ4n) is 1.84. The molecular formula is C11H16N2O5S. The van der Waals surface area contributed by atoms with Gasteiger partial charge < -0.3 is 9.15 Å². The van der Waals surface area contributed by atoms with Crippen molar-refractivity contribution in [2.75, 3.05) is 19.0 Å². The van der Waals surface area contributed by atoms with E-state index in [1.54, 1.807) is 0 Å². The van der Waals surface area contributed by atoms with Gasteiger partial charge in [0.25, 0.3) is 5.91 Å². The minimum absolute atomic E-state index is 0.0249. The summed E-state index contributed by atoms with van der Waals surface area (Å²) in [5, 5.41) is 0. The number of aromatic nitrogens is 1. The number of nitrogens with one attached hydrogen (secondary N) is 1. The van der Waals surface area contributed by atoms with Crippen LogP contribution in [0.5, 0.6) is 0 Å². The van der Waals surface area contributed by atoms with Crippen LogP contribution in [0.15, 0.2) is 10.7 Å². The van der Waals surface area contributed by atoms with Crippen LogP contribution in [0.2, 0.25) is 0 Å². The zero-order chi connectivity index (χ0) is 13.9. The Morgan fingerprint density at radius 1 is 1.58 bits per heavy atom. The topological polar surface area (TPSA) is 98.5 Å². The molecule has 7 nitrogen and oxygen atoms in total. The Labute approximate surface area is 111 Å². The highest BCUT2D eigenvalue weighted by molar-refractivity contribution is 7.90. The predicted octanol–water partition coefficient (Wildman–Crippen LogP) is 0.333. The van der Waals surface area contributed by atoms with Crippen molar-refractivity contribution in [3.05, 3.63) is 17.8 Å². The van der Waals surface area contributed by atoms with Crippen LogP contribution in [0.3, 0.4) is 0 Å². The maximum Gasteiger partial charge on any atom is 0.286 e. The van der Waals surface area contributed by atoms with E-state index in [4.69, 9.17) is 9.15 Å². The summed E-state index contributed by atoms with van der Waals surface area (Å²) in [6, 6.07) is 0. The number of hydrogen-bond acceptors (Lipinski definition) is 6. The Morgan fingerprint density at radius 3 is 2.95 bits per heavy atom. The first-order chi connectivity index (χ1) is 9.00. The predicted molar refractivity (Wildman–Crippen MR) is 66.1 cm³/mol. The van der Waals surface area contributed by atoms with E-state index in [1.165, 1.54) is 0 Å². The first-order valence-electron chi connectivity index (χ1n) is 6.07. The molecule has 1 amide bonds. The number of hydrogen-bond donors (Lipinski definition) is 1. The van der Waals surface area contributed by atoms with Gasteiger partial charge in [0.1, 0.15) is 6.26 Å². The Hall–Kier alpha value is -1.41. The number of oxazole rings is 1. The first-order valence-corrected chi connectivity index (χ1v) is 7.72. The minimum atomic E-state index is -3.67. The minimum Gasteiger partial charge on any atom is -0.448 e. The molecule has 0 aromatic carbocycles. The molecule has 2 heterocycles. The smallest absolute Gasteiger partial charge is 0.286 e. The molecule has 1 fully saturated rings. The quantitative estimate of drug-likeness (QED) is 0.838. The molecule has 0 spiro atoms. The zero-order valence-electron chi connectivity index (χ0n) is 10.6. The number of carbonyl (C=O) groups is 1. The van der Waals surface area contributed by atoms with Gasteiger partial charge in [0, 0.05) is 18.9 Å². The average Bonchev–Trinajstić information content (AvgIpc) is 2.97. The van der Waals surface area contributed by atoms with Crippen LogP contribution in [0, 0.1) is 5.92 Å². The number of carbonyl (C=O) groups excluding carboxylic acids is 1. The fourth-order valence-corrected chi connectivity index (χ4v) is 3.19. The molecule has 0 radical (unpaired) electrons. The van der Waals surface area contributed by atoms with E-state index in [0.717, 1.165) is 6.26 Å². The first kappa shape index (κ1) is 14.0. The lowest BCUT2D eigenvalue weighted by Crippen LogP contribution is -2.35. The monoisotopic (exact) mass is 288 g/mol. The molecule has 1 aliphatic rings. The molecular weight excluding hydrogens is 272 g/mol. The molecule has 1 saturated heterocycles. The van der Waals surface area contributed by atoms with E-state index >= 15 is 0 Å². The number of amides is 1. The molecule has 0 saturated carbocycles. The molecule has 1 aromatic rings. The second kappa shape index (κ2) is 5.70. The number of ether oxygens (including phenoxy) is 1. The van der Waals surface area contributed by atoms with Crippen molar-refractivity contribution in [1.82, 2.24) is 9.71 Å². The van der Waals surface area contributed by atoms with Crippen LogP contribution in [0.1, 0.15) is 29.7 Å². The van der Waals surface area contributed by atoms with E-state index in [1.807, 2.05) is 11.6 Å². The Morgan fingerprint density at radius 2 is 2.37 bits per heavy atom. The summed E-state index contributed by atoms with van der Waals surface area (Å²) < 4.78 is 35.7. The summed E-state index contributed by atoms with van der Waals surface area (Å²) in [4.78, 5) is 15.6. The normalized spacial score (nSPS) is 19.5.